The first-order valence-corrected chi connectivity index (χ1v) is 4.04. The van der Waals surface area contributed by atoms with Crippen LogP contribution in [0.5, 0.6) is 0 Å². The predicted molar refractivity (Wildman–Crippen MR) is 44.9 cm³/mol. The second-order valence-corrected chi connectivity index (χ2v) is 2.75. The van der Waals surface area contributed by atoms with Gasteiger partial charge in [-0.15, -0.1) is 0 Å². The van der Waals surface area contributed by atoms with Crippen molar-refractivity contribution in [2.24, 2.45) is 0 Å². The van der Waals surface area contributed by atoms with E-state index in [1.54, 1.807) is 0 Å². The van der Waals surface area contributed by atoms with Gasteiger partial charge in [0.15, 0.2) is 0 Å². The molecule has 1 aromatic heterocycles. The van der Waals surface area contributed by atoms with E-state index >= 15 is 0 Å². The average Bonchev–Trinajstić information content (AvgIpc) is 2.17. The minimum Gasteiger partial charge on any atom is -0.469 e. The Kier molecular flexibility index (Phi) is 3.65. The van der Waals surface area contributed by atoms with Gasteiger partial charge in [-0.2, -0.15) is 0 Å². The largest absolute Gasteiger partial charge is 0.469 e. The van der Waals surface area contributed by atoms with Crippen molar-refractivity contribution < 1.29 is 22.7 Å². The molecule has 0 unspecified atom stereocenters. The molecule has 1 heterocycles. The van der Waals surface area contributed by atoms with E-state index in [4.69, 9.17) is 0 Å². The molecule has 0 aliphatic rings. The average molecular weight is 219 g/mol. The van der Waals surface area contributed by atoms with Gasteiger partial charge in [0.25, 0.3) is 6.43 Å². The number of pyridine rings is 1. The van der Waals surface area contributed by atoms with E-state index in [2.05, 4.69) is 9.72 Å². The number of alkyl halides is 2. The molecule has 0 atom stereocenters. The number of nitrogens with zero attached hydrogens (tertiary/aromatic N) is 1. The second-order valence-electron chi connectivity index (χ2n) is 2.75. The molecule has 0 N–H and O–H groups in total. The van der Waals surface area contributed by atoms with E-state index in [-0.39, 0.29) is 5.56 Å². The lowest BCUT2D eigenvalue weighted by Gasteiger charge is -2.06. The molecule has 0 saturated carbocycles. The van der Waals surface area contributed by atoms with Crippen molar-refractivity contribution in [3.63, 3.8) is 0 Å². The lowest BCUT2D eigenvalue weighted by atomic mass is 10.1. The summed E-state index contributed by atoms with van der Waals surface area (Å²) in [7, 11) is 1.12. The van der Waals surface area contributed by atoms with E-state index in [0.29, 0.717) is 6.20 Å². The van der Waals surface area contributed by atoms with Crippen molar-refractivity contribution >= 4 is 5.97 Å². The summed E-state index contributed by atoms with van der Waals surface area (Å²) < 4.78 is 41.8. The highest BCUT2D eigenvalue weighted by Gasteiger charge is 2.17. The van der Waals surface area contributed by atoms with Crippen LogP contribution in [0.1, 0.15) is 17.7 Å². The van der Waals surface area contributed by atoms with Crippen LogP contribution in [0, 0.1) is 5.82 Å². The fraction of sp³-hybridized carbons (Fsp3) is 0.333. The predicted octanol–water partition coefficient (Wildman–Crippen LogP) is 1.87. The SMILES string of the molecule is COC(=O)Cc1cc(F)cnc1C(F)F. The zero-order valence-corrected chi connectivity index (χ0v) is 7.84. The summed E-state index contributed by atoms with van der Waals surface area (Å²) in [6.45, 7) is 0. The highest BCUT2D eigenvalue weighted by molar-refractivity contribution is 5.72. The monoisotopic (exact) mass is 219 g/mol. The highest BCUT2D eigenvalue weighted by atomic mass is 19.3. The molecule has 3 nitrogen and oxygen atoms in total. The number of carbonyl (C=O) groups excluding carboxylic acids is 1. The molecule has 0 aliphatic carbocycles. The first kappa shape index (κ1) is 11.5. The van der Waals surface area contributed by atoms with E-state index < -0.39 is 30.3 Å². The van der Waals surface area contributed by atoms with Gasteiger partial charge in [0, 0.05) is 0 Å². The molecular weight excluding hydrogens is 211 g/mol. The van der Waals surface area contributed by atoms with E-state index in [1.807, 2.05) is 0 Å². The normalized spacial score (nSPS) is 10.5. The van der Waals surface area contributed by atoms with Gasteiger partial charge < -0.3 is 4.74 Å². The van der Waals surface area contributed by atoms with Crippen LogP contribution in [0.15, 0.2) is 12.3 Å². The Morgan fingerprint density at radius 3 is 2.80 bits per heavy atom. The maximum absolute atomic E-state index is 12.7. The minimum absolute atomic E-state index is 0.156. The summed E-state index contributed by atoms with van der Waals surface area (Å²) >= 11 is 0. The number of hydrogen-bond donors (Lipinski definition) is 0. The van der Waals surface area contributed by atoms with Crippen LogP contribution in [-0.4, -0.2) is 18.1 Å². The maximum atomic E-state index is 12.7. The molecule has 0 aliphatic heterocycles. The van der Waals surface area contributed by atoms with Crippen molar-refractivity contribution in [3.8, 4) is 0 Å². The molecule has 6 heteroatoms. The van der Waals surface area contributed by atoms with Crippen molar-refractivity contribution in [3.05, 3.63) is 29.3 Å². The van der Waals surface area contributed by atoms with Gasteiger partial charge in [-0.1, -0.05) is 0 Å². The number of hydrogen-bond acceptors (Lipinski definition) is 3. The standard InChI is InChI=1S/C9H8F3NO2/c1-15-7(14)3-5-2-6(10)4-13-8(5)9(11)12/h2,4,9H,3H2,1H3. The molecule has 0 aromatic carbocycles. The molecule has 0 bridgehead atoms. The number of esters is 1. The molecular formula is C9H8F3NO2. The van der Waals surface area contributed by atoms with Gasteiger partial charge in [-0.3, -0.25) is 9.78 Å². The van der Waals surface area contributed by atoms with Gasteiger partial charge >= 0.3 is 5.97 Å². The maximum Gasteiger partial charge on any atom is 0.310 e. The molecule has 1 aromatic rings. The first-order chi connectivity index (χ1) is 7.04. The van der Waals surface area contributed by atoms with Gasteiger partial charge in [0.05, 0.1) is 19.7 Å². The lowest BCUT2D eigenvalue weighted by molar-refractivity contribution is -0.139. The van der Waals surface area contributed by atoms with Gasteiger partial charge in [0.1, 0.15) is 11.5 Å². The molecule has 82 valence electrons. The van der Waals surface area contributed by atoms with Crippen LogP contribution in [-0.2, 0) is 16.0 Å². The Bertz CT molecular complexity index is 368. The van der Waals surface area contributed by atoms with Crippen LogP contribution in [0.25, 0.3) is 0 Å². The fourth-order valence-electron chi connectivity index (χ4n) is 1.06. The zero-order chi connectivity index (χ0) is 11.4. The molecule has 0 spiro atoms. The Morgan fingerprint density at radius 1 is 1.60 bits per heavy atom. The van der Waals surface area contributed by atoms with Crippen LogP contribution in [0.3, 0.4) is 0 Å². The van der Waals surface area contributed by atoms with Crippen LogP contribution >= 0.6 is 0 Å². The highest BCUT2D eigenvalue weighted by Crippen LogP contribution is 2.21. The van der Waals surface area contributed by atoms with Gasteiger partial charge in [0.2, 0.25) is 0 Å². The van der Waals surface area contributed by atoms with Crippen molar-refractivity contribution in [2.45, 2.75) is 12.8 Å². The third-order valence-electron chi connectivity index (χ3n) is 1.74. The summed E-state index contributed by atoms with van der Waals surface area (Å²) in [4.78, 5) is 14.1. The smallest absolute Gasteiger partial charge is 0.310 e. The number of halogens is 3. The van der Waals surface area contributed by atoms with Gasteiger partial charge in [-0.05, 0) is 11.6 Å². The number of methoxy groups -OCH3 is 1. The molecule has 0 amide bonds. The molecule has 0 fully saturated rings. The van der Waals surface area contributed by atoms with Crippen LogP contribution < -0.4 is 0 Å². The number of carbonyl (C=O) groups is 1. The fourth-order valence-corrected chi connectivity index (χ4v) is 1.06. The van der Waals surface area contributed by atoms with E-state index in [9.17, 15) is 18.0 Å². The molecule has 15 heavy (non-hydrogen) atoms. The Labute approximate surface area is 83.9 Å². The van der Waals surface area contributed by atoms with E-state index in [0.717, 1.165) is 13.2 Å². The van der Waals surface area contributed by atoms with Crippen LogP contribution in [0.2, 0.25) is 0 Å². The van der Waals surface area contributed by atoms with Crippen molar-refractivity contribution in [1.29, 1.82) is 0 Å². The number of ether oxygens (including phenoxy) is 1. The number of aromatic nitrogens is 1. The quantitative estimate of drug-likeness (QED) is 0.728. The van der Waals surface area contributed by atoms with Crippen LogP contribution in [0.4, 0.5) is 13.2 Å². The van der Waals surface area contributed by atoms with Gasteiger partial charge in [-0.25, -0.2) is 13.2 Å². The molecule has 0 saturated heterocycles. The topological polar surface area (TPSA) is 39.2 Å². The Morgan fingerprint density at radius 2 is 2.27 bits per heavy atom. The third kappa shape index (κ3) is 2.93. The minimum atomic E-state index is -2.84. The molecule has 0 radical (unpaired) electrons. The second kappa shape index (κ2) is 4.77. The summed E-state index contributed by atoms with van der Waals surface area (Å²) in [5.41, 5.74) is -0.751. The van der Waals surface area contributed by atoms with E-state index in [1.165, 1.54) is 0 Å². The summed E-state index contributed by atoms with van der Waals surface area (Å²) in [5.74, 6) is -1.48. The Balaban J connectivity index is 3.02. The third-order valence-corrected chi connectivity index (χ3v) is 1.74. The first-order valence-electron chi connectivity index (χ1n) is 4.04. The summed E-state index contributed by atoms with van der Waals surface area (Å²) in [6.07, 6.45) is -2.58. The zero-order valence-electron chi connectivity index (χ0n) is 7.84. The summed E-state index contributed by atoms with van der Waals surface area (Å²) in [6, 6.07) is 0.853. The van der Waals surface area contributed by atoms with Crippen molar-refractivity contribution in [2.75, 3.05) is 7.11 Å². The molecule has 1 rings (SSSR count). The van der Waals surface area contributed by atoms with Crippen molar-refractivity contribution in [1.82, 2.24) is 4.98 Å². The number of rotatable bonds is 3. The lowest BCUT2D eigenvalue weighted by Crippen LogP contribution is -2.09. The summed E-state index contributed by atoms with van der Waals surface area (Å²) in [5, 5.41) is 0. The Hall–Kier alpha value is -1.59.